The van der Waals surface area contributed by atoms with Gasteiger partial charge in [-0.15, -0.1) is 0 Å². The highest BCUT2D eigenvalue weighted by atomic mass is 16.5. The van der Waals surface area contributed by atoms with Crippen molar-refractivity contribution >= 4 is 5.84 Å². The van der Waals surface area contributed by atoms with Crippen LogP contribution in [0.4, 0.5) is 0 Å². The topological polar surface area (TPSA) is 84.0 Å². The molecule has 1 atom stereocenters. The van der Waals surface area contributed by atoms with E-state index in [4.69, 9.17) is 15.7 Å². The van der Waals surface area contributed by atoms with Crippen molar-refractivity contribution in [3.05, 3.63) is 29.6 Å². The minimum Gasteiger partial charge on any atom is -0.409 e. The first kappa shape index (κ1) is 12.8. The molecule has 0 aromatic carbocycles. The lowest BCUT2D eigenvalue weighted by molar-refractivity contribution is 0.156. The molecule has 6 heteroatoms. The highest BCUT2D eigenvalue weighted by Gasteiger charge is 2.21. The molecule has 98 valence electrons. The highest BCUT2D eigenvalue weighted by molar-refractivity contribution is 5.96. The minimum absolute atomic E-state index is 0.0432. The molecule has 0 spiro atoms. The average Bonchev–Trinajstić information content (AvgIpc) is 2.92. The number of likely N-dealkylation sites (N-methyl/N-ethyl adjacent to an activating group) is 1. The summed E-state index contributed by atoms with van der Waals surface area (Å²) >= 11 is 0. The highest BCUT2D eigenvalue weighted by Crippen LogP contribution is 2.15. The second-order valence-electron chi connectivity index (χ2n) is 4.43. The average molecular weight is 250 g/mol. The van der Waals surface area contributed by atoms with Gasteiger partial charge < -0.3 is 15.7 Å². The Balaban J connectivity index is 2.13. The summed E-state index contributed by atoms with van der Waals surface area (Å²) < 4.78 is 5.37. The Bertz CT molecular complexity index is 430. The van der Waals surface area contributed by atoms with E-state index in [1.807, 2.05) is 19.2 Å². The van der Waals surface area contributed by atoms with Crippen LogP contribution in [-0.4, -0.2) is 47.2 Å². The summed E-state index contributed by atoms with van der Waals surface area (Å²) in [6.07, 6.45) is 2.67. The van der Waals surface area contributed by atoms with Crippen LogP contribution in [-0.2, 0) is 11.3 Å². The number of hydrogen-bond acceptors (Lipinski definition) is 5. The lowest BCUT2D eigenvalue weighted by Gasteiger charge is -2.23. The smallest absolute Gasteiger partial charge is 0.189 e. The molecule has 1 aliphatic heterocycles. The second-order valence-corrected chi connectivity index (χ2v) is 4.43. The zero-order valence-corrected chi connectivity index (χ0v) is 10.4. The van der Waals surface area contributed by atoms with E-state index in [-0.39, 0.29) is 5.84 Å². The number of hydrogen-bond donors (Lipinski definition) is 2. The van der Waals surface area contributed by atoms with Crippen molar-refractivity contribution < 1.29 is 9.94 Å². The molecule has 2 heterocycles. The lowest BCUT2D eigenvalue weighted by atomic mass is 10.1. The predicted octanol–water partition coefficient (Wildman–Crippen LogP) is 0.397. The monoisotopic (exact) mass is 250 g/mol. The van der Waals surface area contributed by atoms with Crippen LogP contribution in [0.5, 0.6) is 0 Å². The molecule has 18 heavy (non-hydrogen) atoms. The van der Waals surface area contributed by atoms with Crippen molar-refractivity contribution in [3.63, 3.8) is 0 Å². The maximum absolute atomic E-state index is 8.75. The van der Waals surface area contributed by atoms with Crippen LogP contribution in [0.15, 0.2) is 23.5 Å². The normalized spacial score (nSPS) is 20.6. The largest absolute Gasteiger partial charge is 0.409 e. The molecule has 1 aliphatic rings. The summed E-state index contributed by atoms with van der Waals surface area (Å²) in [6, 6.07) is 4.21. The molecule has 1 fully saturated rings. The molecule has 1 aromatic heterocycles. The molecule has 0 aliphatic carbocycles. The number of oxime groups is 1. The number of amidine groups is 1. The number of pyridine rings is 1. The number of aromatic nitrogens is 1. The van der Waals surface area contributed by atoms with E-state index >= 15 is 0 Å². The molecule has 1 saturated heterocycles. The first-order chi connectivity index (χ1) is 8.72. The van der Waals surface area contributed by atoms with Crippen LogP contribution in [0.25, 0.3) is 0 Å². The van der Waals surface area contributed by atoms with Crippen molar-refractivity contribution in [1.82, 2.24) is 9.88 Å². The fourth-order valence-electron chi connectivity index (χ4n) is 2.11. The van der Waals surface area contributed by atoms with E-state index in [1.165, 1.54) is 0 Å². The van der Waals surface area contributed by atoms with E-state index in [2.05, 4.69) is 15.0 Å². The van der Waals surface area contributed by atoms with Crippen molar-refractivity contribution in [2.45, 2.75) is 19.0 Å². The maximum atomic E-state index is 8.75. The van der Waals surface area contributed by atoms with E-state index in [0.717, 1.165) is 25.2 Å². The summed E-state index contributed by atoms with van der Waals surface area (Å²) in [5, 5.41) is 11.8. The summed E-state index contributed by atoms with van der Waals surface area (Å²) in [7, 11) is 2.04. The van der Waals surface area contributed by atoms with Crippen LogP contribution in [0, 0.1) is 0 Å². The van der Waals surface area contributed by atoms with Gasteiger partial charge in [0.25, 0.3) is 0 Å². The van der Waals surface area contributed by atoms with Gasteiger partial charge in [0, 0.05) is 25.4 Å². The van der Waals surface area contributed by atoms with Gasteiger partial charge in [0.1, 0.15) is 5.69 Å². The minimum atomic E-state index is 0.0432. The zero-order valence-electron chi connectivity index (χ0n) is 10.4. The third kappa shape index (κ3) is 2.77. The van der Waals surface area contributed by atoms with Gasteiger partial charge in [-0.25, -0.2) is 0 Å². The van der Waals surface area contributed by atoms with Crippen LogP contribution in [0.2, 0.25) is 0 Å². The van der Waals surface area contributed by atoms with Crippen molar-refractivity contribution in [2.24, 2.45) is 10.9 Å². The molecular weight excluding hydrogens is 232 g/mol. The Morgan fingerprint density at radius 2 is 2.56 bits per heavy atom. The van der Waals surface area contributed by atoms with Crippen LogP contribution in [0.3, 0.4) is 0 Å². The molecule has 0 bridgehead atoms. The molecule has 0 saturated carbocycles. The third-order valence-electron chi connectivity index (χ3n) is 3.19. The van der Waals surface area contributed by atoms with E-state index in [1.54, 1.807) is 6.20 Å². The Kier molecular flexibility index (Phi) is 4.11. The zero-order chi connectivity index (χ0) is 13.0. The Labute approximate surface area is 106 Å². The molecule has 6 nitrogen and oxygen atoms in total. The van der Waals surface area contributed by atoms with Crippen molar-refractivity contribution in [3.8, 4) is 0 Å². The van der Waals surface area contributed by atoms with E-state index < -0.39 is 0 Å². The SMILES string of the molecule is CN(Cc1cccnc1/C(N)=N/O)C1CCOC1. The molecule has 0 radical (unpaired) electrons. The number of ether oxygens (including phenoxy) is 1. The van der Waals surface area contributed by atoms with Gasteiger partial charge in [-0.05, 0) is 25.1 Å². The third-order valence-corrected chi connectivity index (χ3v) is 3.19. The fraction of sp³-hybridized carbons (Fsp3) is 0.500. The number of rotatable bonds is 4. The van der Waals surface area contributed by atoms with Gasteiger partial charge in [0.05, 0.1) is 6.61 Å². The maximum Gasteiger partial charge on any atom is 0.189 e. The van der Waals surface area contributed by atoms with Gasteiger partial charge >= 0.3 is 0 Å². The van der Waals surface area contributed by atoms with E-state index in [0.29, 0.717) is 18.3 Å². The number of nitrogens with zero attached hydrogens (tertiary/aromatic N) is 3. The first-order valence-electron chi connectivity index (χ1n) is 5.92. The molecule has 1 unspecified atom stereocenters. The summed E-state index contributed by atoms with van der Waals surface area (Å²) in [6.45, 7) is 2.28. The van der Waals surface area contributed by atoms with E-state index in [9.17, 15) is 0 Å². The quantitative estimate of drug-likeness (QED) is 0.350. The molecule has 1 aromatic rings. The Morgan fingerprint density at radius 1 is 1.72 bits per heavy atom. The van der Waals surface area contributed by atoms with Gasteiger partial charge in [0.15, 0.2) is 5.84 Å². The van der Waals surface area contributed by atoms with Crippen LogP contribution >= 0.6 is 0 Å². The molecule has 3 N–H and O–H groups in total. The molecular formula is C12H18N4O2. The summed E-state index contributed by atoms with van der Waals surface area (Å²) in [5.41, 5.74) is 7.10. The Morgan fingerprint density at radius 3 is 3.22 bits per heavy atom. The lowest BCUT2D eigenvalue weighted by Crippen LogP contribution is -2.32. The second kappa shape index (κ2) is 5.79. The molecule has 0 amide bonds. The predicted molar refractivity (Wildman–Crippen MR) is 67.4 cm³/mol. The fourth-order valence-corrected chi connectivity index (χ4v) is 2.11. The van der Waals surface area contributed by atoms with Crippen LogP contribution < -0.4 is 5.73 Å². The van der Waals surface area contributed by atoms with Gasteiger partial charge in [-0.1, -0.05) is 11.2 Å². The van der Waals surface area contributed by atoms with Crippen LogP contribution in [0.1, 0.15) is 17.7 Å². The molecule has 2 rings (SSSR count). The van der Waals surface area contributed by atoms with Crippen molar-refractivity contribution in [2.75, 3.05) is 20.3 Å². The first-order valence-corrected chi connectivity index (χ1v) is 5.92. The van der Waals surface area contributed by atoms with Gasteiger partial charge in [-0.3, -0.25) is 9.88 Å². The summed E-state index contributed by atoms with van der Waals surface area (Å²) in [4.78, 5) is 6.36. The summed E-state index contributed by atoms with van der Waals surface area (Å²) in [5.74, 6) is 0.0432. The standard InChI is InChI=1S/C12H18N4O2/c1-16(10-4-6-18-8-10)7-9-3-2-5-14-11(9)12(13)15-17/h2-3,5,10,17H,4,6-8H2,1H3,(H2,13,15). The van der Waals surface area contributed by atoms with Gasteiger partial charge in [0.2, 0.25) is 0 Å². The van der Waals surface area contributed by atoms with Crippen molar-refractivity contribution in [1.29, 1.82) is 0 Å². The number of nitrogens with two attached hydrogens (primary N) is 1. The van der Waals surface area contributed by atoms with Gasteiger partial charge in [-0.2, -0.15) is 0 Å². The Hall–Kier alpha value is -1.66.